The number of pyridine rings is 1. The fourth-order valence-electron chi connectivity index (χ4n) is 3.01. The Kier molecular flexibility index (Phi) is 5.28. The van der Waals surface area contributed by atoms with Crippen molar-refractivity contribution in [2.75, 3.05) is 19.0 Å². The number of carbonyl (C=O) groups is 2. The molecule has 130 valence electrons. The zero-order valence-corrected chi connectivity index (χ0v) is 14.1. The Balaban J connectivity index is 1.88. The van der Waals surface area contributed by atoms with Crippen molar-refractivity contribution in [3.05, 3.63) is 54.2 Å². The molecule has 3 rings (SSSR count). The molecule has 0 bridgehead atoms. The molecule has 0 saturated carbocycles. The Labute approximate surface area is 146 Å². The van der Waals surface area contributed by atoms with Gasteiger partial charge in [-0.2, -0.15) is 0 Å². The lowest BCUT2D eigenvalue weighted by atomic mass is 10.0. The molecule has 6 nitrogen and oxygen atoms in total. The van der Waals surface area contributed by atoms with E-state index in [1.807, 2.05) is 30.3 Å². The molecule has 1 aromatic heterocycles. The second kappa shape index (κ2) is 7.79. The molecule has 2 aromatic rings. The molecule has 2 amide bonds. The molecule has 1 fully saturated rings. The number of carbonyl (C=O) groups excluding carboxylic acids is 2. The summed E-state index contributed by atoms with van der Waals surface area (Å²) in [6.07, 6.45) is 3.82. The van der Waals surface area contributed by atoms with E-state index in [-0.39, 0.29) is 11.8 Å². The fourth-order valence-corrected chi connectivity index (χ4v) is 3.01. The molecular formula is C19H21N3O3. The summed E-state index contributed by atoms with van der Waals surface area (Å²) in [4.78, 5) is 31.2. The van der Waals surface area contributed by atoms with Crippen LogP contribution < -0.4 is 10.1 Å². The maximum absolute atomic E-state index is 13.0. The zero-order chi connectivity index (χ0) is 17.6. The smallest absolute Gasteiger partial charge is 0.252 e. The number of amides is 2. The summed E-state index contributed by atoms with van der Waals surface area (Å²) in [7, 11) is 1.56. The first-order valence-corrected chi connectivity index (χ1v) is 8.34. The predicted octanol–water partition coefficient (Wildman–Crippen LogP) is 2.78. The van der Waals surface area contributed by atoms with E-state index in [1.165, 1.54) is 0 Å². The number of nitrogens with zero attached hydrogens (tertiary/aromatic N) is 2. The summed E-state index contributed by atoms with van der Waals surface area (Å²) in [5.41, 5.74) is 0.790. The van der Waals surface area contributed by atoms with E-state index in [2.05, 4.69) is 10.3 Å². The lowest BCUT2D eigenvalue weighted by Crippen LogP contribution is -2.43. The summed E-state index contributed by atoms with van der Waals surface area (Å²) < 4.78 is 5.16. The molecule has 0 spiro atoms. The largest absolute Gasteiger partial charge is 0.497 e. The quantitative estimate of drug-likeness (QED) is 0.909. The lowest BCUT2D eigenvalue weighted by molar-refractivity contribution is -0.141. The van der Waals surface area contributed by atoms with Crippen LogP contribution in [0.4, 0.5) is 5.82 Å². The van der Waals surface area contributed by atoms with Gasteiger partial charge in [-0.1, -0.05) is 30.3 Å². The molecule has 1 atom stereocenters. The van der Waals surface area contributed by atoms with Crippen LogP contribution in [0.3, 0.4) is 0 Å². The summed E-state index contributed by atoms with van der Waals surface area (Å²) in [5.74, 6) is 0.737. The molecule has 1 aliphatic heterocycles. The Bertz CT molecular complexity index is 749. The van der Waals surface area contributed by atoms with Crippen molar-refractivity contribution in [2.24, 2.45) is 0 Å². The van der Waals surface area contributed by atoms with Crippen molar-refractivity contribution in [1.29, 1.82) is 0 Å². The minimum absolute atomic E-state index is 0.00820. The lowest BCUT2D eigenvalue weighted by Gasteiger charge is -2.34. The third-order valence-corrected chi connectivity index (χ3v) is 4.25. The van der Waals surface area contributed by atoms with Crippen LogP contribution in [0.15, 0.2) is 48.7 Å². The average molecular weight is 339 g/mol. The van der Waals surface area contributed by atoms with E-state index in [0.29, 0.717) is 24.5 Å². The van der Waals surface area contributed by atoms with Gasteiger partial charge in [0.15, 0.2) is 0 Å². The van der Waals surface area contributed by atoms with E-state index >= 15 is 0 Å². The second-order valence-corrected chi connectivity index (χ2v) is 5.93. The van der Waals surface area contributed by atoms with Gasteiger partial charge in [0, 0.05) is 25.2 Å². The SMILES string of the molecule is COc1ccnc(NC(=O)C(c2ccccc2)N2CCCCC2=O)c1. The molecule has 1 unspecified atom stereocenters. The molecule has 0 aliphatic carbocycles. The molecule has 2 heterocycles. The van der Waals surface area contributed by atoms with Gasteiger partial charge < -0.3 is 15.0 Å². The third-order valence-electron chi connectivity index (χ3n) is 4.25. The van der Waals surface area contributed by atoms with Crippen LogP contribution in [0.25, 0.3) is 0 Å². The first-order chi connectivity index (χ1) is 12.2. The number of nitrogens with one attached hydrogen (secondary N) is 1. The van der Waals surface area contributed by atoms with Gasteiger partial charge in [0.25, 0.3) is 5.91 Å². The van der Waals surface area contributed by atoms with E-state index in [4.69, 9.17) is 4.74 Å². The van der Waals surface area contributed by atoms with Gasteiger partial charge >= 0.3 is 0 Å². The summed E-state index contributed by atoms with van der Waals surface area (Å²) in [6, 6.07) is 12.1. The number of methoxy groups -OCH3 is 1. The van der Waals surface area contributed by atoms with Crippen LogP contribution >= 0.6 is 0 Å². The van der Waals surface area contributed by atoms with Gasteiger partial charge in [-0.25, -0.2) is 4.98 Å². The summed E-state index contributed by atoms with van der Waals surface area (Å²) in [6.45, 7) is 0.581. The molecule has 1 N–H and O–H groups in total. The number of hydrogen-bond acceptors (Lipinski definition) is 4. The minimum Gasteiger partial charge on any atom is -0.497 e. The van der Waals surface area contributed by atoms with Crippen molar-refractivity contribution in [3.8, 4) is 5.75 Å². The number of benzene rings is 1. The summed E-state index contributed by atoms with van der Waals surface area (Å²) >= 11 is 0. The Morgan fingerprint density at radius 2 is 2.04 bits per heavy atom. The maximum Gasteiger partial charge on any atom is 0.252 e. The molecule has 0 radical (unpaired) electrons. The van der Waals surface area contributed by atoms with Crippen LogP contribution in [0.5, 0.6) is 5.75 Å². The molecule has 1 saturated heterocycles. The number of aromatic nitrogens is 1. The van der Waals surface area contributed by atoms with E-state index in [1.54, 1.807) is 30.3 Å². The van der Waals surface area contributed by atoms with Gasteiger partial charge in [0.1, 0.15) is 17.6 Å². The molecular weight excluding hydrogens is 318 g/mol. The number of rotatable bonds is 5. The van der Waals surface area contributed by atoms with Crippen molar-refractivity contribution in [1.82, 2.24) is 9.88 Å². The highest BCUT2D eigenvalue weighted by Crippen LogP contribution is 2.27. The van der Waals surface area contributed by atoms with Gasteiger partial charge in [-0.05, 0) is 24.5 Å². The van der Waals surface area contributed by atoms with Gasteiger partial charge in [0.2, 0.25) is 5.91 Å². The molecule has 25 heavy (non-hydrogen) atoms. The first kappa shape index (κ1) is 17.0. The number of piperidine rings is 1. The highest BCUT2D eigenvalue weighted by Gasteiger charge is 2.32. The highest BCUT2D eigenvalue weighted by molar-refractivity contribution is 5.97. The number of anilines is 1. The molecule has 1 aliphatic rings. The number of likely N-dealkylation sites (tertiary alicyclic amines) is 1. The van der Waals surface area contributed by atoms with E-state index in [0.717, 1.165) is 18.4 Å². The van der Waals surface area contributed by atoms with Crippen LogP contribution in [0.1, 0.15) is 30.9 Å². The standard InChI is InChI=1S/C19H21N3O3/c1-25-15-10-11-20-16(13-15)21-19(24)18(14-7-3-2-4-8-14)22-12-6-5-9-17(22)23/h2-4,7-8,10-11,13,18H,5-6,9,12H2,1H3,(H,20,21,24). The number of hydrogen-bond donors (Lipinski definition) is 1. The topological polar surface area (TPSA) is 71.5 Å². The Morgan fingerprint density at radius 1 is 1.24 bits per heavy atom. The van der Waals surface area contributed by atoms with Crippen molar-refractivity contribution in [2.45, 2.75) is 25.3 Å². The second-order valence-electron chi connectivity index (χ2n) is 5.93. The van der Waals surface area contributed by atoms with E-state index < -0.39 is 6.04 Å². The monoisotopic (exact) mass is 339 g/mol. The average Bonchev–Trinajstić information content (AvgIpc) is 2.64. The van der Waals surface area contributed by atoms with Crippen molar-refractivity contribution < 1.29 is 14.3 Å². The van der Waals surface area contributed by atoms with Gasteiger partial charge in [-0.15, -0.1) is 0 Å². The Hall–Kier alpha value is -2.89. The number of ether oxygens (including phenoxy) is 1. The van der Waals surface area contributed by atoms with Crippen molar-refractivity contribution >= 4 is 17.6 Å². The van der Waals surface area contributed by atoms with Crippen LogP contribution in [0, 0.1) is 0 Å². The third kappa shape index (κ3) is 3.96. The predicted molar refractivity (Wildman–Crippen MR) is 94.2 cm³/mol. The first-order valence-electron chi connectivity index (χ1n) is 8.34. The minimum atomic E-state index is -0.665. The zero-order valence-electron chi connectivity index (χ0n) is 14.1. The van der Waals surface area contributed by atoms with Crippen LogP contribution in [-0.4, -0.2) is 35.4 Å². The van der Waals surface area contributed by atoms with Crippen LogP contribution in [-0.2, 0) is 9.59 Å². The van der Waals surface area contributed by atoms with E-state index in [9.17, 15) is 9.59 Å². The highest BCUT2D eigenvalue weighted by atomic mass is 16.5. The Morgan fingerprint density at radius 3 is 2.76 bits per heavy atom. The fraction of sp³-hybridized carbons (Fsp3) is 0.316. The van der Waals surface area contributed by atoms with Crippen LogP contribution in [0.2, 0.25) is 0 Å². The maximum atomic E-state index is 13.0. The normalized spacial score (nSPS) is 15.6. The molecule has 6 heteroatoms. The van der Waals surface area contributed by atoms with Crippen molar-refractivity contribution in [3.63, 3.8) is 0 Å². The van der Waals surface area contributed by atoms with Gasteiger partial charge in [-0.3, -0.25) is 9.59 Å². The summed E-state index contributed by atoms with van der Waals surface area (Å²) in [5, 5.41) is 2.81. The van der Waals surface area contributed by atoms with Gasteiger partial charge in [0.05, 0.1) is 7.11 Å². The molecule has 1 aromatic carbocycles.